The van der Waals surface area contributed by atoms with E-state index >= 15 is 0 Å². The van der Waals surface area contributed by atoms with Gasteiger partial charge in [0.15, 0.2) is 0 Å². The van der Waals surface area contributed by atoms with Crippen molar-refractivity contribution in [2.75, 3.05) is 45.8 Å². The number of likely N-dealkylation sites (tertiary alicyclic amines) is 1. The summed E-state index contributed by atoms with van der Waals surface area (Å²) in [6.07, 6.45) is 2.39. The van der Waals surface area contributed by atoms with Gasteiger partial charge >= 0.3 is 0 Å². The van der Waals surface area contributed by atoms with E-state index in [1.807, 2.05) is 24.0 Å². The molecule has 2 saturated heterocycles. The van der Waals surface area contributed by atoms with Gasteiger partial charge in [0.25, 0.3) is 5.91 Å². The van der Waals surface area contributed by atoms with Crippen LogP contribution in [0, 0.1) is 6.92 Å². The number of piperazine rings is 1. The molecule has 6 heteroatoms. The van der Waals surface area contributed by atoms with Gasteiger partial charge in [-0.3, -0.25) is 14.5 Å². The Labute approximate surface area is 137 Å². The van der Waals surface area contributed by atoms with Crippen molar-refractivity contribution in [2.24, 2.45) is 0 Å². The summed E-state index contributed by atoms with van der Waals surface area (Å²) in [6, 6.07) is 5.48. The zero-order chi connectivity index (χ0) is 16.2. The average molecular weight is 316 g/mol. The lowest BCUT2D eigenvalue weighted by Crippen LogP contribution is -2.52. The van der Waals surface area contributed by atoms with Crippen LogP contribution in [0.5, 0.6) is 0 Å². The van der Waals surface area contributed by atoms with Gasteiger partial charge in [0.1, 0.15) is 5.69 Å². The maximum atomic E-state index is 12.5. The van der Waals surface area contributed by atoms with Crippen molar-refractivity contribution in [1.29, 1.82) is 0 Å². The van der Waals surface area contributed by atoms with Crippen molar-refractivity contribution >= 4 is 11.8 Å². The number of aryl methyl sites for hydroxylation is 1. The Kier molecular flexibility index (Phi) is 4.91. The molecule has 1 aromatic rings. The minimum absolute atomic E-state index is 0.0414. The first-order valence-corrected chi connectivity index (χ1v) is 8.36. The van der Waals surface area contributed by atoms with E-state index in [9.17, 15) is 9.59 Å². The van der Waals surface area contributed by atoms with Crippen LogP contribution in [0.4, 0.5) is 0 Å². The van der Waals surface area contributed by atoms with Gasteiger partial charge in [0.2, 0.25) is 5.91 Å². The normalized spacial score (nSPS) is 19.2. The lowest BCUT2D eigenvalue weighted by atomic mass is 10.2. The fourth-order valence-corrected chi connectivity index (χ4v) is 3.22. The summed E-state index contributed by atoms with van der Waals surface area (Å²) in [6.45, 7) is 6.86. The smallest absolute Gasteiger partial charge is 0.272 e. The molecule has 23 heavy (non-hydrogen) atoms. The third-order valence-corrected chi connectivity index (χ3v) is 4.58. The second-order valence-electron chi connectivity index (χ2n) is 6.32. The number of hydrogen-bond donors (Lipinski definition) is 0. The van der Waals surface area contributed by atoms with E-state index in [2.05, 4.69) is 9.88 Å². The van der Waals surface area contributed by atoms with Gasteiger partial charge in [-0.15, -0.1) is 0 Å². The monoisotopic (exact) mass is 316 g/mol. The highest BCUT2D eigenvalue weighted by molar-refractivity contribution is 5.92. The molecule has 2 amide bonds. The van der Waals surface area contributed by atoms with Crippen molar-refractivity contribution in [3.8, 4) is 0 Å². The summed E-state index contributed by atoms with van der Waals surface area (Å²) in [5, 5.41) is 0. The molecule has 0 N–H and O–H groups in total. The van der Waals surface area contributed by atoms with Crippen LogP contribution in [0.3, 0.4) is 0 Å². The minimum Gasteiger partial charge on any atom is -0.338 e. The van der Waals surface area contributed by atoms with Gasteiger partial charge < -0.3 is 9.80 Å². The fraction of sp³-hybridized carbons (Fsp3) is 0.588. The minimum atomic E-state index is -0.0414. The number of rotatable bonds is 3. The van der Waals surface area contributed by atoms with Crippen LogP contribution in [-0.2, 0) is 4.79 Å². The molecule has 0 spiro atoms. The maximum Gasteiger partial charge on any atom is 0.272 e. The molecule has 0 bridgehead atoms. The standard InChI is InChI=1S/C17H24N4O2/c1-14-5-4-6-15(18-14)17(23)21-11-9-20(10-12-21)16(22)13-19-7-2-3-8-19/h4-6H,2-3,7-13H2,1H3. The van der Waals surface area contributed by atoms with Crippen LogP contribution in [0.2, 0.25) is 0 Å². The number of hydrogen-bond acceptors (Lipinski definition) is 4. The highest BCUT2D eigenvalue weighted by atomic mass is 16.2. The Morgan fingerprint density at radius 3 is 2.30 bits per heavy atom. The molecule has 1 aromatic heterocycles. The molecule has 2 aliphatic heterocycles. The summed E-state index contributed by atoms with van der Waals surface area (Å²) >= 11 is 0. The molecule has 0 unspecified atom stereocenters. The number of aromatic nitrogens is 1. The van der Waals surface area contributed by atoms with Crippen molar-refractivity contribution in [2.45, 2.75) is 19.8 Å². The van der Waals surface area contributed by atoms with Crippen molar-refractivity contribution in [1.82, 2.24) is 19.7 Å². The summed E-state index contributed by atoms with van der Waals surface area (Å²) in [7, 11) is 0. The molecule has 2 aliphatic rings. The van der Waals surface area contributed by atoms with Crippen LogP contribution >= 0.6 is 0 Å². The molecule has 0 aliphatic carbocycles. The molecule has 0 saturated carbocycles. The summed E-state index contributed by atoms with van der Waals surface area (Å²) in [5.74, 6) is 0.146. The third kappa shape index (κ3) is 3.88. The van der Waals surface area contributed by atoms with Crippen molar-refractivity contribution < 1.29 is 9.59 Å². The van der Waals surface area contributed by atoms with Gasteiger partial charge in [0.05, 0.1) is 6.54 Å². The largest absolute Gasteiger partial charge is 0.338 e. The number of carbonyl (C=O) groups excluding carboxylic acids is 2. The SMILES string of the molecule is Cc1cccc(C(=O)N2CCN(C(=O)CN3CCCC3)CC2)n1. The highest BCUT2D eigenvalue weighted by Crippen LogP contribution is 2.11. The second-order valence-corrected chi connectivity index (χ2v) is 6.32. The first-order valence-electron chi connectivity index (χ1n) is 8.36. The Morgan fingerprint density at radius 2 is 1.65 bits per heavy atom. The van der Waals surface area contributed by atoms with E-state index in [1.165, 1.54) is 12.8 Å². The van der Waals surface area contributed by atoms with Crippen molar-refractivity contribution in [3.05, 3.63) is 29.6 Å². The average Bonchev–Trinajstić information content (AvgIpc) is 3.07. The lowest BCUT2D eigenvalue weighted by molar-refractivity contribution is -0.133. The number of nitrogens with zero attached hydrogens (tertiary/aromatic N) is 4. The Bertz CT molecular complexity index is 576. The Hall–Kier alpha value is -1.95. The van der Waals surface area contributed by atoms with Crippen LogP contribution in [0.25, 0.3) is 0 Å². The number of pyridine rings is 1. The van der Waals surface area contributed by atoms with Crippen LogP contribution < -0.4 is 0 Å². The van der Waals surface area contributed by atoms with E-state index in [0.717, 1.165) is 18.8 Å². The molecule has 0 atom stereocenters. The molecule has 3 rings (SSSR count). The molecule has 124 valence electrons. The first-order chi connectivity index (χ1) is 11.1. The van der Waals surface area contributed by atoms with Crippen LogP contribution in [0.15, 0.2) is 18.2 Å². The zero-order valence-electron chi connectivity index (χ0n) is 13.7. The van der Waals surface area contributed by atoms with E-state index in [4.69, 9.17) is 0 Å². The molecule has 6 nitrogen and oxygen atoms in total. The Morgan fingerprint density at radius 1 is 1.00 bits per heavy atom. The van der Waals surface area contributed by atoms with Gasteiger partial charge in [-0.2, -0.15) is 0 Å². The van der Waals surface area contributed by atoms with Gasteiger partial charge in [-0.25, -0.2) is 4.98 Å². The quantitative estimate of drug-likeness (QED) is 0.826. The van der Waals surface area contributed by atoms with E-state index in [0.29, 0.717) is 38.4 Å². The predicted molar refractivity (Wildman–Crippen MR) is 87.1 cm³/mol. The van der Waals surface area contributed by atoms with Gasteiger partial charge in [0, 0.05) is 31.9 Å². The van der Waals surface area contributed by atoms with Crippen LogP contribution in [-0.4, -0.2) is 77.3 Å². The van der Waals surface area contributed by atoms with Crippen molar-refractivity contribution in [3.63, 3.8) is 0 Å². The number of carbonyl (C=O) groups is 2. The predicted octanol–water partition coefficient (Wildman–Crippen LogP) is 0.770. The zero-order valence-corrected chi connectivity index (χ0v) is 13.7. The van der Waals surface area contributed by atoms with Crippen LogP contribution in [0.1, 0.15) is 29.0 Å². The third-order valence-electron chi connectivity index (χ3n) is 4.58. The first kappa shape index (κ1) is 15.9. The summed E-state index contributed by atoms with van der Waals surface area (Å²) in [4.78, 5) is 35.0. The van der Waals surface area contributed by atoms with Gasteiger partial charge in [-0.05, 0) is 45.0 Å². The summed E-state index contributed by atoms with van der Waals surface area (Å²) < 4.78 is 0. The van der Waals surface area contributed by atoms with E-state index in [1.54, 1.807) is 11.0 Å². The molecular formula is C17H24N4O2. The maximum absolute atomic E-state index is 12.5. The molecule has 3 heterocycles. The number of amides is 2. The topological polar surface area (TPSA) is 56.8 Å². The second kappa shape index (κ2) is 7.08. The fourth-order valence-electron chi connectivity index (χ4n) is 3.22. The summed E-state index contributed by atoms with van der Waals surface area (Å²) in [5.41, 5.74) is 1.33. The van der Waals surface area contributed by atoms with Gasteiger partial charge in [-0.1, -0.05) is 6.07 Å². The van der Waals surface area contributed by atoms with E-state index in [-0.39, 0.29) is 11.8 Å². The molecular weight excluding hydrogens is 292 g/mol. The molecule has 0 radical (unpaired) electrons. The molecule has 2 fully saturated rings. The Balaban J connectivity index is 1.51. The van der Waals surface area contributed by atoms with E-state index < -0.39 is 0 Å². The molecule has 0 aromatic carbocycles. The highest BCUT2D eigenvalue weighted by Gasteiger charge is 2.26. The lowest BCUT2D eigenvalue weighted by Gasteiger charge is -2.35.